The second-order valence-electron chi connectivity index (χ2n) is 4.44. The van der Waals surface area contributed by atoms with E-state index in [4.69, 9.17) is 9.47 Å². The van der Waals surface area contributed by atoms with E-state index in [-0.39, 0.29) is 12.4 Å². The maximum absolute atomic E-state index is 11.7. The van der Waals surface area contributed by atoms with Crippen molar-refractivity contribution in [2.45, 2.75) is 0 Å². The topological polar surface area (TPSA) is 80.2 Å². The van der Waals surface area contributed by atoms with Gasteiger partial charge >= 0.3 is 0 Å². The molecule has 0 fully saturated rings. The molecule has 0 saturated heterocycles. The molecule has 0 aliphatic carbocycles. The van der Waals surface area contributed by atoms with E-state index in [1.165, 1.54) is 19.4 Å². The molecule has 0 radical (unpaired) electrons. The van der Waals surface area contributed by atoms with Crippen LogP contribution in [0, 0.1) is 0 Å². The lowest BCUT2D eigenvalue weighted by Crippen LogP contribution is -2.24. The number of amides is 1. The van der Waals surface area contributed by atoms with Crippen LogP contribution >= 0.6 is 15.9 Å². The molecule has 6 nitrogen and oxygen atoms in total. The lowest BCUT2D eigenvalue weighted by molar-refractivity contribution is -0.123. The third-order valence-electron chi connectivity index (χ3n) is 2.81. The highest BCUT2D eigenvalue weighted by atomic mass is 79.9. The van der Waals surface area contributed by atoms with E-state index in [1.54, 1.807) is 36.4 Å². The van der Waals surface area contributed by atoms with Crippen LogP contribution in [0.3, 0.4) is 0 Å². The number of aromatic hydroxyl groups is 1. The molecule has 0 aliphatic rings. The maximum Gasteiger partial charge on any atom is 0.277 e. The van der Waals surface area contributed by atoms with Gasteiger partial charge in [0, 0.05) is 10.0 Å². The van der Waals surface area contributed by atoms with Gasteiger partial charge in [0.05, 0.1) is 13.3 Å². The van der Waals surface area contributed by atoms with E-state index in [9.17, 15) is 9.90 Å². The lowest BCUT2D eigenvalue weighted by Gasteiger charge is -2.09. The molecule has 0 atom stereocenters. The first-order valence-electron chi connectivity index (χ1n) is 6.66. The molecule has 0 bridgehead atoms. The van der Waals surface area contributed by atoms with Gasteiger partial charge in [0.1, 0.15) is 5.75 Å². The number of hydrazone groups is 1. The summed E-state index contributed by atoms with van der Waals surface area (Å²) in [6.07, 6.45) is 1.35. The van der Waals surface area contributed by atoms with Gasteiger partial charge in [-0.1, -0.05) is 28.1 Å². The van der Waals surface area contributed by atoms with Gasteiger partial charge in [-0.3, -0.25) is 4.79 Å². The van der Waals surface area contributed by atoms with Gasteiger partial charge in [0.15, 0.2) is 18.1 Å². The highest BCUT2D eigenvalue weighted by molar-refractivity contribution is 9.10. The fourth-order valence-electron chi connectivity index (χ4n) is 1.72. The first-order valence-corrected chi connectivity index (χ1v) is 7.45. The minimum Gasteiger partial charge on any atom is -0.507 e. The monoisotopic (exact) mass is 378 g/mol. The smallest absolute Gasteiger partial charge is 0.277 e. The van der Waals surface area contributed by atoms with Crippen LogP contribution in [-0.2, 0) is 4.79 Å². The Labute approximate surface area is 141 Å². The first kappa shape index (κ1) is 16.8. The number of carbonyl (C=O) groups excluding carboxylic acids is 1. The molecule has 2 rings (SSSR count). The third kappa shape index (κ3) is 5.00. The summed E-state index contributed by atoms with van der Waals surface area (Å²) < 4.78 is 11.3. The van der Waals surface area contributed by atoms with Crippen molar-refractivity contribution in [3.63, 3.8) is 0 Å². The number of rotatable bonds is 6. The van der Waals surface area contributed by atoms with Gasteiger partial charge < -0.3 is 14.6 Å². The Morgan fingerprint density at radius 2 is 2.04 bits per heavy atom. The molecule has 0 unspecified atom stereocenters. The molecule has 2 N–H and O–H groups in total. The Hall–Kier alpha value is -2.54. The van der Waals surface area contributed by atoms with Crippen LogP contribution in [0.5, 0.6) is 17.2 Å². The summed E-state index contributed by atoms with van der Waals surface area (Å²) in [5, 5.41) is 13.4. The van der Waals surface area contributed by atoms with Crippen LogP contribution in [0.4, 0.5) is 0 Å². The fourth-order valence-corrected chi connectivity index (χ4v) is 2.10. The minimum atomic E-state index is -0.429. The standard InChI is InChI=1S/C16H15BrN2O4/c1-22-14-4-2-3-5-15(14)23-10-16(21)19-18-9-11-8-12(17)6-7-13(11)20/h2-9,20H,10H2,1H3,(H,19,21). The van der Waals surface area contributed by atoms with Crippen molar-refractivity contribution >= 4 is 28.1 Å². The van der Waals surface area contributed by atoms with Gasteiger partial charge in [-0.05, 0) is 30.3 Å². The normalized spacial score (nSPS) is 10.5. The van der Waals surface area contributed by atoms with Crippen LogP contribution in [0.1, 0.15) is 5.56 Å². The Bertz CT molecular complexity index is 719. The fraction of sp³-hybridized carbons (Fsp3) is 0.125. The van der Waals surface area contributed by atoms with E-state index in [1.807, 2.05) is 0 Å². The number of nitrogens with one attached hydrogen (secondary N) is 1. The van der Waals surface area contributed by atoms with E-state index in [2.05, 4.69) is 26.5 Å². The van der Waals surface area contributed by atoms with Crippen LogP contribution in [-0.4, -0.2) is 30.9 Å². The molecule has 0 heterocycles. The summed E-state index contributed by atoms with van der Waals surface area (Å²) in [4.78, 5) is 11.7. The van der Waals surface area contributed by atoms with Crippen molar-refractivity contribution < 1.29 is 19.4 Å². The van der Waals surface area contributed by atoms with E-state index in [0.29, 0.717) is 17.1 Å². The molecule has 0 aromatic heterocycles. The number of carbonyl (C=O) groups is 1. The number of hydrogen-bond donors (Lipinski definition) is 2. The number of benzene rings is 2. The molecule has 120 valence electrons. The number of para-hydroxylation sites is 2. The molecule has 7 heteroatoms. The molecular formula is C16H15BrN2O4. The number of phenolic OH excluding ortho intramolecular Hbond substituents is 1. The van der Waals surface area contributed by atoms with E-state index in [0.717, 1.165) is 4.47 Å². The van der Waals surface area contributed by atoms with E-state index < -0.39 is 5.91 Å². The third-order valence-corrected chi connectivity index (χ3v) is 3.30. The lowest BCUT2D eigenvalue weighted by atomic mass is 10.2. The number of methoxy groups -OCH3 is 1. The molecule has 0 spiro atoms. The highest BCUT2D eigenvalue weighted by Crippen LogP contribution is 2.25. The number of hydrogen-bond acceptors (Lipinski definition) is 5. The molecular weight excluding hydrogens is 364 g/mol. The van der Waals surface area contributed by atoms with Crippen molar-refractivity contribution in [2.75, 3.05) is 13.7 Å². The van der Waals surface area contributed by atoms with Gasteiger partial charge in [0.2, 0.25) is 0 Å². The second-order valence-corrected chi connectivity index (χ2v) is 5.35. The molecule has 0 aliphatic heterocycles. The van der Waals surface area contributed by atoms with Gasteiger partial charge in [0.25, 0.3) is 5.91 Å². The van der Waals surface area contributed by atoms with Gasteiger partial charge in [-0.15, -0.1) is 0 Å². The van der Waals surface area contributed by atoms with Crippen LogP contribution in [0.25, 0.3) is 0 Å². The van der Waals surface area contributed by atoms with Crippen molar-refractivity contribution in [3.05, 3.63) is 52.5 Å². The zero-order valence-corrected chi connectivity index (χ0v) is 13.9. The molecule has 2 aromatic carbocycles. The SMILES string of the molecule is COc1ccccc1OCC(=O)NN=Cc1cc(Br)ccc1O. The quantitative estimate of drug-likeness (QED) is 0.598. The summed E-state index contributed by atoms with van der Waals surface area (Å²) in [6.45, 7) is -0.206. The number of nitrogens with zero attached hydrogens (tertiary/aromatic N) is 1. The van der Waals surface area contributed by atoms with Gasteiger partial charge in [-0.25, -0.2) is 5.43 Å². The van der Waals surface area contributed by atoms with Crippen LogP contribution < -0.4 is 14.9 Å². The zero-order chi connectivity index (χ0) is 16.7. The van der Waals surface area contributed by atoms with Crippen LogP contribution in [0.2, 0.25) is 0 Å². The summed E-state index contributed by atoms with van der Waals surface area (Å²) in [7, 11) is 1.52. The van der Waals surface area contributed by atoms with Crippen molar-refractivity contribution in [3.8, 4) is 17.2 Å². The van der Waals surface area contributed by atoms with Crippen LogP contribution in [0.15, 0.2) is 52.0 Å². The highest BCUT2D eigenvalue weighted by Gasteiger charge is 2.06. The predicted octanol–water partition coefficient (Wildman–Crippen LogP) is 2.69. The minimum absolute atomic E-state index is 0.0662. The summed E-state index contributed by atoms with van der Waals surface area (Å²) >= 11 is 3.29. The Morgan fingerprint density at radius 3 is 2.78 bits per heavy atom. The number of ether oxygens (including phenoxy) is 2. The Kier molecular flexibility index (Phi) is 5.99. The Balaban J connectivity index is 1.88. The molecule has 0 saturated carbocycles. The largest absolute Gasteiger partial charge is 0.507 e. The zero-order valence-electron chi connectivity index (χ0n) is 12.3. The summed E-state index contributed by atoms with van der Waals surface area (Å²) in [5.74, 6) is 0.653. The van der Waals surface area contributed by atoms with Crippen molar-refractivity contribution in [2.24, 2.45) is 5.10 Å². The number of halogens is 1. The Morgan fingerprint density at radius 1 is 1.30 bits per heavy atom. The maximum atomic E-state index is 11.7. The second kappa shape index (κ2) is 8.19. The first-order chi connectivity index (χ1) is 11.1. The predicted molar refractivity (Wildman–Crippen MR) is 90.0 cm³/mol. The summed E-state index contributed by atoms with van der Waals surface area (Å²) in [5.41, 5.74) is 2.80. The average Bonchev–Trinajstić information content (AvgIpc) is 2.56. The number of phenols is 1. The van der Waals surface area contributed by atoms with Crippen molar-refractivity contribution in [1.29, 1.82) is 0 Å². The molecule has 1 amide bonds. The van der Waals surface area contributed by atoms with Crippen molar-refractivity contribution in [1.82, 2.24) is 5.43 Å². The molecule has 2 aromatic rings. The average molecular weight is 379 g/mol. The van der Waals surface area contributed by atoms with E-state index >= 15 is 0 Å². The van der Waals surface area contributed by atoms with Gasteiger partial charge in [-0.2, -0.15) is 5.10 Å². The summed E-state index contributed by atoms with van der Waals surface area (Å²) in [6, 6.07) is 11.9. The molecule has 23 heavy (non-hydrogen) atoms.